The third kappa shape index (κ3) is 4.52. The number of aromatic nitrogens is 1. The highest BCUT2D eigenvalue weighted by Gasteiger charge is 2.36. The zero-order valence-electron chi connectivity index (χ0n) is 16.8. The Hall–Kier alpha value is -2.83. The van der Waals surface area contributed by atoms with Crippen molar-refractivity contribution in [2.24, 2.45) is 0 Å². The number of para-hydroxylation sites is 1. The van der Waals surface area contributed by atoms with Crippen molar-refractivity contribution in [2.45, 2.75) is 51.8 Å². The third-order valence-corrected chi connectivity index (χ3v) is 4.58. The van der Waals surface area contributed by atoms with E-state index in [0.29, 0.717) is 24.4 Å². The van der Waals surface area contributed by atoms with Crippen LogP contribution in [-0.2, 0) is 16.1 Å². The fourth-order valence-electron chi connectivity index (χ4n) is 3.33. The average molecular weight is 385 g/mol. The first kappa shape index (κ1) is 19.9. The summed E-state index contributed by atoms with van der Waals surface area (Å²) in [5.74, 6) is 0.517. The van der Waals surface area contributed by atoms with E-state index < -0.39 is 17.7 Å². The number of carbonyl (C=O) groups excluding carboxylic acids is 2. The van der Waals surface area contributed by atoms with Gasteiger partial charge in [0.1, 0.15) is 17.4 Å². The maximum atomic E-state index is 12.7. The summed E-state index contributed by atoms with van der Waals surface area (Å²) in [6.07, 6.45) is 0.953. The molecule has 1 fully saturated rings. The van der Waals surface area contributed by atoms with Gasteiger partial charge in [-0.1, -0.05) is 12.1 Å². The van der Waals surface area contributed by atoms with E-state index in [9.17, 15) is 9.59 Å². The molecule has 1 N–H and O–H groups in total. The number of fused-ring (bicyclic) bond motifs is 1. The summed E-state index contributed by atoms with van der Waals surface area (Å²) in [6, 6.07) is 9.00. The standard InChI is InChI=1S/C21H27N3O4/c1-21(2,3)28-20(26)24-11-7-10-17(24)19(25)22-13-14-12-18(27-4)15-8-5-6-9-16(15)23-14/h5-6,8-9,12,17H,7,10-11,13H2,1-4H3,(H,22,25). The first-order valence-corrected chi connectivity index (χ1v) is 9.48. The van der Waals surface area contributed by atoms with Crippen LogP contribution < -0.4 is 10.1 Å². The second kappa shape index (κ2) is 8.04. The van der Waals surface area contributed by atoms with Gasteiger partial charge in [-0.15, -0.1) is 0 Å². The summed E-state index contributed by atoms with van der Waals surface area (Å²) in [7, 11) is 1.61. The molecule has 3 rings (SSSR count). The molecule has 0 radical (unpaired) electrons. The van der Waals surface area contributed by atoms with Gasteiger partial charge >= 0.3 is 6.09 Å². The second-order valence-electron chi connectivity index (χ2n) is 7.88. The fourth-order valence-corrected chi connectivity index (χ4v) is 3.33. The Kier molecular flexibility index (Phi) is 5.72. The van der Waals surface area contributed by atoms with Crippen LogP contribution in [0.1, 0.15) is 39.3 Å². The normalized spacial score (nSPS) is 16.9. The smallest absolute Gasteiger partial charge is 0.410 e. The van der Waals surface area contributed by atoms with Crippen LogP contribution in [-0.4, -0.2) is 47.2 Å². The van der Waals surface area contributed by atoms with Crippen molar-refractivity contribution in [3.05, 3.63) is 36.0 Å². The van der Waals surface area contributed by atoms with Crippen LogP contribution >= 0.6 is 0 Å². The Morgan fingerprint density at radius 1 is 1.29 bits per heavy atom. The molecule has 7 nitrogen and oxygen atoms in total. The molecule has 2 amide bonds. The maximum absolute atomic E-state index is 12.7. The van der Waals surface area contributed by atoms with Crippen molar-refractivity contribution < 1.29 is 19.1 Å². The Bertz CT molecular complexity index is 876. The number of carbonyl (C=O) groups is 2. The van der Waals surface area contributed by atoms with Gasteiger partial charge in [0.05, 0.1) is 24.9 Å². The van der Waals surface area contributed by atoms with Gasteiger partial charge in [-0.2, -0.15) is 0 Å². The Morgan fingerprint density at radius 3 is 2.75 bits per heavy atom. The van der Waals surface area contributed by atoms with Gasteiger partial charge in [-0.3, -0.25) is 14.7 Å². The van der Waals surface area contributed by atoms with Gasteiger partial charge in [0.2, 0.25) is 5.91 Å². The highest BCUT2D eigenvalue weighted by Crippen LogP contribution is 2.25. The van der Waals surface area contributed by atoms with Crippen molar-refractivity contribution in [1.82, 2.24) is 15.2 Å². The number of nitrogens with one attached hydrogen (secondary N) is 1. The van der Waals surface area contributed by atoms with Crippen LogP contribution in [0.15, 0.2) is 30.3 Å². The molecular weight excluding hydrogens is 358 g/mol. The quantitative estimate of drug-likeness (QED) is 0.874. The first-order chi connectivity index (χ1) is 13.3. The van der Waals surface area contributed by atoms with Crippen molar-refractivity contribution in [3.63, 3.8) is 0 Å². The highest BCUT2D eigenvalue weighted by molar-refractivity contribution is 5.87. The van der Waals surface area contributed by atoms with Crippen molar-refractivity contribution in [2.75, 3.05) is 13.7 Å². The molecule has 1 unspecified atom stereocenters. The van der Waals surface area contributed by atoms with E-state index in [-0.39, 0.29) is 12.5 Å². The molecular formula is C21H27N3O4. The largest absolute Gasteiger partial charge is 0.496 e. The minimum atomic E-state index is -0.591. The summed E-state index contributed by atoms with van der Waals surface area (Å²) in [4.78, 5) is 31.2. The molecule has 1 aliphatic rings. The van der Waals surface area contributed by atoms with Gasteiger partial charge in [-0.25, -0.2) is 4.79 Å². The molecule has 1 aliphatic heterocycles. The lowest BCUT2D eigenvalue weighted by Gasteiger charge is -2.28. The number of hydrogen-bond acceptors (Lipinski definition) is 5. The van der Waals surface area contributed by atoms with Crippen molar-refractivity contribution in [3.8, 4) is 5.75 Å². The molecule has 1 saturated heterocycles. The second-order valence-corrected chi connectivity index (χ2v) is 7.88. The molecule has 0 saturated carbocycles. The van der Waals surface area contributed by atoms with Gasteiger partial charge < -0.3 is 14.8 Å². The molecule has 2 heterocycles. The predicted octanol–water partition coefficient (Wildman–Crippen LogP) is 3.26. The molecule has 0 bridgehead atoms. The molecule has 7 heteroatoms. The number of likely N-dealkylation sites (tertiary alicyclic amines) is 1. The number of pyridine rings is 1. The molecule has 150 valence electrons. The van der Waals surface area contributed by atoms with Gasteiger partial charge in [-0.05, 0) is 45.7 Å². The van der Waals surface area contributed by atoms with Crippen LogP contribution in [0.2, 0.25) is 0 Å². The number of rotatable bonds is 4. The maximum Gasteiger partial charge on any atom is 0.410 e. The SMILES string of the molecule is COc1cc(CNC(=O)C2CCCN2C(=O)OC(C)(C)C)nc2ccccc12. The summed E-state index contributed by atoms with van der Waals surface area (Å²) in [5.41, 5.74) is 0.916. The van der Waals surface area contributed by atoms with Crippen LogP contribution in [0.25, 0.3) is 10.9 Å². The average Bonchev–Trinajstić information content (AvgIpc) is 3.14. The Labute approximate surface area is 165 Å². The minimum Gasteiger partial charge on any atom is -0.496 e. The first-order valence-electron chi connectivity index (χ1n) is 9.48. The monoisotopic (exact) mass is 385 g/mol. The lowest BCUT2D eigenvalue weighted by Crippen LogP contribution is -2.47. The lowest BCUT2D eigenvalue weighted by atomic mass is 10.1. The van der Waals surface area contributed by atoms with E-state index in [2.05, 4.69) is 10.3 Å². The zero-order valence-corrected chi connectivity index (χ0v) is 16.8. The molecule has 1 aromatic heterocycles. The minimum absolute atomic E-state index is 0.197. The van der Waals surface area contributed by atoms with E-state index in [1.807, 2.05) is 51.1 Å². The molecule has 2 aromatic rings. The van der Waals surface area contributed by atoms with Crippen LogP contribution in [0.3, 0.4) is 0 Å². The summed E-state index contributed by atoms with van der Waals surface area (Å²) < 4.78 is 10.9. The third-order valence-electron chi connectivity index (χ3n) is 4.58. The predicted molar refractivity (Wildman–Crippen MR) is 106 cm³/mol. The molecule has 1 atom stereocenters. The van der Waals surface area contributed by atoms with Gasteiger partial charge in [0, 0.05) is 18.0 Å². The van der Waals surface area contributed by atoms with Crippen molar-refractivity contribution >= 4 is 22.9 Å². The zero-order chi connectivity index (χ0) is 20.3. The van der Waals surface area contributed by atoms with Gasteiger partial charge in [0.15, 0.2) is 0 Å². The number of benzene rings is 1. The Balaban J connectivity index is 1.68. The van der Waals surface area contributed by atoms with Gasteiger partial charge in [0.25, 0.3) is 0 Å². The highest BCUT2D eigenvalue weighted by atomic mass is 16.6. The summed E-state index contributed by atoms with van der Waals surface area (Å²) in [5, 5.41) is 3.82. The van der Waals surface area contributed by atoms with E-state index in [4.69, 9.17) is 9.47 Å². The topological polar surface area (TPSA) is 80.8 Å². The number of amides is 2. The lowest BCUT2D eigenvalue weighted by molar-refractivity contribution is -0.125. The fraction of sp³-hybridized carbons (Fsp3) is 0.476. The summed E-state index contributed by atoms with van der Waals surface area (Å²) >= 11 is 0. The van der Waals surface area contributed by atoms with E-state index in [1.165, 1.54) is 4.90 Å². The molecule has 0 spiro atoms. The van der Waals surface area contributed by atoms with Crippen LogP contribution in [0, 0.1) is 0 Å². The Morgan fingerprint density at radius 2 is 2.04 bits per heavy atom. The van der Waals surface area contributed by atoms with Crippen molar-refractivity contribution in [1.29, 1.82) is 0 Å². The molecule has 0 aliphatic carbocycles. The molecule has 1 aromatic carbocycles. The number of ether oxygens (including phenoxy) is 2. The molecule has 28 heavy (non-hydrogen) atoms. The van der Waals surface area contributed by atoms with E-state index in [1.54, 1.807) is 7.11 Å². The van der Waals surface area contributed by atoms with Crippen LogP contribution in [0.4, 0.5) is 4.79 Å². The number of hydrogen-bond donors (Lipinski definition) is 1. The van der Waals surface area contributed by atoms with E-state index in [0.717, 1.165) is 17.3 Å². The van der Waals surface area contributed by atoms with Crippen LogP contribution in [0.5, 0.6) is 5.75 Å². The number of nitrogens with zero attached hydrogens (tertiary/aromatic N) is 2. The number of methoxy groups -OCH3 is 1. The van der Waals surface area contributed by atoms with E-state index >= 15 is 0 Å². The summed E-state index contributed by atoms with van der Waals surface area (Å²) in [6.45, 7) is 6.23.